The number of amides is 1. The second kappa shape index (κ2) is 7.32. The van der Waals surface area contributed by atoms with Crippen LogP contribution in [0.1, 0.15) is 26.2 Å². The number of aliphatic carboxylic acids is 1. The van der Waals surface area contributed by atoms with Crippen molar-refractivity contribution in [1.29, 1.82) is 0 Å². The van der Waals surface area contributed by atoms with Crippen molar-refractivity contribution in [2.45, 2.75) is 32.2 Å². The van der Waals surface area contributed by atoms with Crippen LogP contribution in [0.5, 0.6) is 0 Å². The fraction of sp³-hybridized carbons (Fsp3) is 0.778. The van der Waals surface area contributed by atoms with Gasteiger partial charge in [-0.15, -0.1) is 0 Å². The maximum atomic E-state index is 10.9. The highest BCUT2D eigenvalue weighted by molar-refractivity contribution is 5.75. The fourth-order valence-corrected chi connectivity index (χ4v) is 1.21. The van der Waals surface area contributed by atoms with E-state index >= 15 is 0 Å². The van der Waals surface area contributed by atoms with Gasteiger partial charge in [0.05, 0.1) is 6.42 Å². The highest BCUT2D eigenvalue weighted by Crippen LogP contribution is 2.02. The van der Waals surface area contributed by atoms with Gasteiger partial charge in [0.15, 0.2) is 0 Å². The Balaban J connectivity index is 3.83. The molecule has 0 rings (SSSR count). The molecule has 5 nitrogen and oxygen atoms in total. The van der Waals surface area contributed by atoms with Crippen LogP contribution in [0, 0.1) is 0 Å². The number of carboxylic acid groups (broad SMARTS) is 1. The molecule has 0 fully saturated rings. The van der Waals surface area contributed by atoms with Gasteiger partial charge in [-0.3, -0.25) is 9.59 Å². The summed E-state index contributed by atoms with van der Waals surface area (Å²) in [6.45, 7) is 2.63. The molecule has 0 spiro atoms. The Hall–Kier alpha value is -1.10. The fourth-order valence-electron chi connectivity index (χ4n) is 1.21. The van der Waals surface area contributed by atoms with Crippen LogP contribution in [0.25, 0.3) is 0 Å². The van der Waals surface area contributed by atoms with E-state index in [0.29, 0.717) is 19.4 Å². The third-order valence-corrected chi connectivity index (χ3v) is 1.91. The molecule has 0 bridgehead atoms. The van der Waals surface area contributed by atoms with E-state index in [9.17, 15) is 9.59 Å². The average molecular weight is 202 g/mol. The Labute approximate surface area is 83.9 Å². The predicted molar refractivity (Wildman–Crippen MR) is 53.0 cm³/mol. The van der Waals surface area contributed by atoms with Crippen molar-refractivity contribution < 1.29 is 14.7 Å². The Morgan fingerprint density at radius 3 is 2.50 bits per heavy atom. The first-order chi connectivity index (χ1) is 6.60. The maximum Gasteiger partial charge on any atom is 0.304 e. The molecule has 0 aliphatic heterocycles. The molecule has 0 aromatic rings. The number of carbonyl (C=O) groups excluding carboxylic acids is 1. The smallest absolute Gasteiger partial charge is 0.304 e. The summed E-state index contributed by atoms with van der Waals surface area (Å²) in [5.74, 6) is -0.897. The minimum atomic E-state index is -0.840. The lowest BCUT2D eigenvalue weighted by Gasteiger charge is -2.14. The number of hydrogen-bond donors (Lipinski definition) is 3. The lowest BCUT2D eigenvalue weighted by atomic mass is 10.1. The van der Waals surface area contributed by atoms with Crippen LogP contribution >= 0.6 is 0 Å². The van der Waals surface area contributed by atoms with E-state index in [1.165, 1.54) is 0 Å². The molecule has 0 aromatic heterocycles. The number of hydrogen-bond acceptors (Lipinski definition) is 3. The Morgan fingerprint density at radius 2 is 2.07 bits per heavy atom. The van der Waals surface area contributed by atoms with Crippen molar-refractivity contribution >= 4 is 11.9 Å². The SMILES string of the molecule is CCNC(CCC(=O)NC)CC(=O)O. The first-order valence-corrected chi connectivity index (χ1v) is 4.75. The molecule has 82 valence electrons. The molecule has 5 heteroatoms. The van der Waals surface area contributed by atoms with Gasteiger partial charge in [0, 0.05) is 19.5 Å². The molecule has 0 saturated heterocycles. The van der Waals surface area contributed by atoms with Gasteiger partial charge in [0.25, 0.3) is 0 Å². The maximum absolute atomic E-state index is 10.9. The van der Waals surface area contributed by atoms with Gasteiger partial charge in [-0.1, -0.05) is 6.92 Å². The van der Waals surface area contributed by atoms with Gasteiger partial charge in [-0.2, -0.15) is 0 Å². The highest BCUT2D eigenvalue weighted by atomic mass is 16.4. The van der Waals surface area contributed by atoms with E-state index in [1.807, 2.05) is 6.92 Å². The highest BCUT2D eigenvalue weighted by Gasteiger charge is 2.12. The summed E-state index contributed by atoms with van der Waals surface area (Å²) in [6.07, 6.45) is 0.978. The summed E-state index contributed by atoms with van der Waals surface area (Å²) >= 11 is 0. The van der Waals surface area contributed by atoms with Gasteiger partial charge < -0.3 is 15.7 Å². The Bertz CT molecular complexity index is 194. The molecule has 0 heterocycles. The van der Waals surface area contributed by atoms with Crippen molar-refractivity contribution in [2.75, 3.05) is 13.6 Å². The van der Waals surface area contributed by atoms with E-state index in [1.54, 1.807) is 7.05 Å². The van der Waals surface area contributed by atoms with Gasteiger partial charge in [-0.25, -0.2) is 0 Å². The van der Waals surface area contributed by atoms with Crippen LogP contribution in [0.2, 0.25) is 0 Å². The lowest BCUT2D eigenvalue weighted by Crippen LogP contribution is -2.32. The van der Waals surface area contributed by atoms with E-state index in [4.69, 9.17) is 5.11 Å². The van der Waals surface area contributed by atoms with E-state index in [0.717, 1.165) is 0 Å². The molecule has 0 aliphatic rings. The number of carboxylic acids is 1. The zero-order valence-corrected chi connectivity index (χ0v) is 8.67. The molecule has 1 amide bonds. The Kier molecular flexibility index (Phi) is 6.74. The second-order valence-corrected chi connectivity index (χ2v) is 3.06. The molecular formula is C9H18N2O3. The first-order valence-electron chi connectivity index (χ1n) is 4.75. The summed E-state index contributed by atoms with van der Waals surface area (Å²) < 4.78 is 0. The van der Waals surface area contributed by atoms with Crippen LogP contribution in [0.15, 0.2) is 0 Å². The van der Waals surface area contributed by atoms with E-state index in [-0.39, 0.29) is 18.4 Å². The molecule has 0 aromatic carbocycles. The zero-order chi connectivity index (χ0) is 11.0. The first kappa shape index (κ1) is 12.9. The monoisotopic (exact) mass is 202 g/mol. The van der Waals surface area contributed by atoms with Crippen molar-refractivity contribution in [2.24, 2.45) is 0 Å². The predicted octanol–water partition coefficient (Wildman–Crippen LogP) is -0.0346. The molecule has 0 radical (unpaired) electrons. The summed E-state index contributed by atoms with van der Waals surface area (Å²) in [5, 5.41) is 14.1. The normalized spacial score (nSPS) is 12.1. The molecule has 1 atom stereocenters. The van der Waals surface area contributed by atoms with Gasteiger partial charge in [0.1, 0.15) is 0 Å². The molecule has 0 aliphatic carbocycles. The van der Waals surface area contributed by atoms with Crippen LogP contribution in [0.3, 0.4) is 0 Å². The van der Waals surface area contributed by atoms with Crippen LogP contribution in [-0.4, -0.2) is 36.6 Å². The van der Waals surface area contributed by atoms with Gasteiger partial charge in [0.2, 0.25) is 5.91 Å². The summed E-state index contributed by atoms with van der Waals surface area (Å²) in [4.78, 5) is 21.4. The van der Waals surface area contributed by atoms with Gasteiger partial charge >= 0.3 is 5.97 Å². The minimum absolute atomic E-state index is 0.0571. The molecular weight excluding hydrogens is 184 g/mol. The van der Waals surface area contributed by atoms with Crippen LogP contribution in [-0.2, 0) is 9.59 Å². The third kappa shape index (κ3) is 6.42. The largest absolute Gasteiger partial charge is 0.481 e. The summed E-state index contributed by atoms with van der Waals surface area (Å²) in [5.41, 5.74) is 0. The lowest BCUT2D eigenvalue weighted by molar-refractivity contribution is -0.137. The average Bonchev–Trinajstić information content (AvgIpc) is 2.13. The summed E-state index contributed by atoms with van der Waals surface area (Å²) in [7, 11) is 1.57. The zero-order valence-electron chi connectivity index (χ0n) is 8.67. The quantitative estimate of drug-likeness (QED) is 0.541. The van der Waals surface area contributed by atoms with Crippen LogP contribution in [0.4, 0.5) is 0 Å². The molecule has 3 N–H and O–H groups in total. The van der Waals surface area contributed by atoms with Crippen molar-refractivity contribution in [3.63, 3.8) is 0 Å². The van der Waals surface area contributed by atoms with Crippen molar-refractivity contribution in [3.05, 3.63) is 0 Å². The topological polar surface area (TPSA) is 78.4 Å². The molecule has 14 heavy (non-hydrogen) atoms. The minimum Gasteiger partial charge on any atom is -0.481 e. The van der Waals surface area contributed by atoms with Crippen molar-refractivity contribution in [1.82, 2.24) is 10.6 Å². The van der Waals surface area contributed by atoms with E-state index < -0.39 is 5.97 Å². The number of rotatable bonds is 7. The van der Waals surface area contributed by atoms with Crippen LogP contribution < -0.4 is 10.6 Å². The van der Waals surface area contributed by atoms with Crippen molar-refractivity contribution in [3.8, 4) is 0 Å². The number of carbonyl (C=O) groups is 2. The standard InChI is InChI=1S/C9H18N2O3/c1-3-11-7(6-9(13)14)4-5-8(12)10-2/h7,11H,3-6H2,1-2H3,(H,10,12)(H,13,14). The molecule has 0 saturated carbocycles. The molecule has 1 unspecified atom stereocenters. The number of nitrogens with one attached hydrogen (secondary N) is 2. The van der Waals surface area contributed by atoms with E-state index in [2.05, 4.69) is 10.6 Å². The Morgan fingerprint density at radius 1 is 1.43 bits per heavy atom. The third-order valence-electron chi connectivity index (χ3n) is 1.91. The summed E-state index contributed by atoms with van der Waals surface area (Å²) in [6, 6.07) is -0.116. The van der Waals surface area contributed by atoms with Gasteiger partial charge in [-0.05, 0) is 13.0 Å². The second-order valence-electron chi connectivity index (χ2n) is 3.06.